The van der Waals surface area contributed by atoms with Gasteiger partial charge in [0.05, 0.1) is 38.9 Å². The summed E-state index contributed by atoms with van der Waals surface area (Å²) in [6.07, 6.45) is 1.33. The van der Waals surface area contributed by atoms with Crippen molar-refractivity contribution in [3.63, 3.8) is 0 Å². The maximum Gasteiger partial charge on any atom is 0.343 e. The van der Waals surface area contributed by atoms with Gasteiger partial charge in [0.1, 0.15) is 22.9 Å². The van der Waals surface area contributed by atoms with E-state index in [0.717, 1.165) is 0 Å². The molecule has 0 spiro atoms. The Labute approximate surface area is 167 Å². The van der Waals surface area contributed by atoms with Gasteiger partial charge in [-0.2, -0.15) is 5.10 Å². The first kappa shape index (κ1) is 19.7. The topological polar surface area (TPSA) is 118 Å². The van der Waals surface area contributed by atoms with Gasteiger partial charge in [0, 0.05) is 11.6 Å². The number of methoxy groups -OCH3 is 3. The van der Waals surface area contributed by atoms with Crippen LogP contribution in [0.25, 0.3) is 5.69 Å². The number of nitrogen functional groups attached to an aromatic ring is 1. The van der Waals surface area contributed by atoms with Crippen molar-refractivity contribution in [1.29, 1.82) is 0 Å². The minimum absolute atomic E-state index is 0.148. The highest BCUT2D eigenvalue weighted by atomic mass is 16.5. The average molecular weight is 396 g/mol. The summed E-state index contributed by atoms with van der Waals surface area (Å²) in [4.78, 5) is 24.3. The minimum atomic E-state index is -0.572. The Hall–Kier alpha value is -4.01. The highest BCUT2D eigenvalue weighted by Gasteiger charge is 2.17. The molecule has 1 aromatic heterocycles. The normalized spacial score (nSPS) is 10.3. The molecule has 150 valence electrons. The summed E-state index contributed by atoms with van der Waals surface area (Å²) in [6.45, 7) is 0. The van der Waals surface area contributed by atoms with Crippen molar-refractivity contribution in [2.45, 2.75) is 0 Å². The number of rotatable bonds is 6. The molecule has 2 aromatic carbocycles. The summed E-state index contributed by atoms with van der Waals surface area (Å²) < 4.78 is 16.5. The molecule has 9 heteroatoms. The first-order valence-electron chi connectivity index (χ1n) is 8.54. The number of carbonyl (C=O) groups excluding carboxylic acids is 2. The predicted molar refractivity (Wildman–Crippen MR) is 107 cm³/mol. The molecule has 3 N–H and O–H groups in total. The van der Waals surface area contributed by atoms with E-state index in [-0.39, 0.29) is 17.3 Å². The molecule has 0 aliphatic heterocycles. The zero-order valence-corrected chi connectivity index (χ0v) is 16.1. The van der Waals surface area contributed by atoms with E-state index in [2.05, 4.69) is 15.2 Å². The predicted octanol–water partition coefficient (Wildman–Crippen LogP) is 2.51. The van der Waals surface area contributed by atoms with Crippen LogP contribution in [-0.2, 0) is 4.74 Å². The molecule has 0 aliphatic carbocycles. The zero-order chi connectivity index (χ0) is 21.0. The fourth-order valence-corrected chi connectivity index (χ4v) is 2.69. The zero-order valence-electron chi connectivity index (χ0n) is 16.1. The number of esters is 1. The van der Waals surface area contributed by atoms with Gasteiger partial charge < -0.3 is 25.3 Å². The molecule has 0 atom stereocenters. The molecule has 0 radical (unpaired) electrons. The van der Waals surface area contributed by atoms with Crippen molar-refractivity contribution in [3.05, 3.63) is 59.8 Å². The van der Waals surface area contributed by atoms with E-state index in [4.69, 9.17) is 15.2 Å². The Morgan fingerprint density at radius 3 is 2.38 bits per heavy atom. The van der Waals surface area contributed by atoms with E-state index >= 15 is 0 Å². The Morgan fingerprint density at radius 1 is 1.03 bits per heavy atom. The second kappa shape index (κ2) is 8.34. The van der Waals surface area contributed by atoms with Gasteiger partial charge in [-0.15, -0.1) is 0 Å². The highest BCUT2D eigenvalue weighted by Crippen LogP contribution is 2.29. The van der Waals surface area contributed by atoms with Crippen molar-refractivity contribution in [1.82, 2.24) is 9.78 Å². The summed E-state index contributed by atoms with van der Waals surface area (Å²) in [7, 11) is 4.33. The van der Waals surface area contributed by atoms with Crippen molar-refractivity contribution < 1.29 is 23.8 Å². The van der Waals surface area contributed by atoms with Gasteiger partial charge in [0.2, 0.25) is 0 Å². The third-order valence-corrected chi connectivity index (χ3v) is 4.24. The fraction of sp³-hybridized carbons (Fsp3) is 0.150. The van der Waals surface area contributed by atoms with Gasteiger partial charge >= 0.3 is 5.97 Å². The summed E-state index contributed by atoms with van der Waals surface area (Å²) in [5.41, 5.74) is 7.62. The van der Waals surface area contributed by atoms with Crippen LogP contribution in [0.2, 0.25) is 0 Å². The Kier molecular flexibility index (Phi) is 5.68. The first-order chi connectivity index (χ1) is 14.0. The SMILES string of the molecule is COC(=O)c1cnn(-c2ccc(C(=O)Nc3cc(OC)ccc3OC)cc2)c1N. The number of ether oxygens (including phenoxy) is 3. The number of hydrogen-bond acceptors (Lipinski definition) is 7. The molecular weight excluding hydrogens is 376 g/mol. The van der Waals surface area contributed by atoms with E-state index in [1.807, 2.05) is 0 Å². The van der Waals surface area contributed by atoms with E-state index in [0.29, 0.717) is 28.4 Å². The number of amides is 1. The number of nitrogens with zero attached hydrogens (tertiary/aromatic N) is 2. The van der Waals surface area contributed by atoms with E-state index in [1.165, 1.54) is 25.1 Å². The van der Waals surface area contributed by atoms with Gasteiger partial charge in [0.25, 0.3) is 5.91 Å². The number of carbonyl (C=O) groups is 2. The fourth-order valence-electron chi connectivity index (χ4n) is 2.69. The summed E-state index contributed by atoms with van der Waals surface area (Å²) in [5.74, 6) is 0.349. The number of benzene rings is 2. The molecule has 0 saturated heterocycles. The quantitative estimate of drug-likeness (QED) is 0.615. The van der Waals surface area contributed by atoms with Crippen LogP contribution >= 0.6 is 0 Å². The highest BCUT2D eigenvalue weighted by molar-refractivity contribution is 6.05. The van der Waals surface area contributed by atoms with Crippen LogP contribution < -0.4 is 20.5 Å². The maximum absolute atomic E-state index is 12.6. The summed E-state index contributed by atoms with van der Waals surface area (Å²) >= 11 is 0. The number of anilines is 2. The molecule has 0 bridgehead atoms. The van der Waals surface area contributed by atoms with Crippen molar-refractivity contribution >= 4 is 23.4 Å². The van der Waals surface area contributed by atoms with Crippen LogP contribution in [-0.4, -0.2) is 43.0 Å². The van der Waals surface area contributed by atoms with E-state index in [1.54, 1.807) is 49.6 Å². The molecule has 3 rings (SSSR count). The lowest BCUT2D eigenvalue weighted by Gasteiger charge is -2.12. The number of aromatic nitrogens is 2. The largest absolute Gasteiger partial charge is 0.497 e. The lowest BCUT2D eigenvalue weighted by Crippen LogP contribution is -2.13. The standard InChI is InChI=1S/C20H20N4O5/c1-27-14-8-9-17(28-2)16(10-14)23-19(25)12-4-6-13(7-5-12)24-18(21)15(11-22-24)20(26)29-3/h4-11H,21H2,1-3H3,(H,23,25). The van der Waals surface area contributed by atoms with Crippen LogP contribution in [0.5, 0.6) is 11.5 Å². The molecule has 9 nitrogen and oxygen atoms in total. The minimum Gasteiger partial charge on any atom is -0.497 e. The Bertz CT molecular complexity index is 1040. The number of nitrogens with two attached hydrogens (primary N) is 1. The summed E-state index contributed by atoms with van der Waals surface area (Å²) in [5, 5.41) is 6.90. The lowest BCUT2D eigenvalue weighted by atomic mass is 10.2. The Morgan fingerprint density at radius 2 is 1.76 bits per heavy atom. The van der Waals surface area contributed by atoms with Crippen molar-refractivity contribution in [3.8, 4) is 17.2 Å². The molecule has 1 amide bonds. The third-order valence-electron chi connectivity index (χ3n) is 4.24. The molecule has 0 unspecified atom stereocenters. The summed E-state index contributed by atoms with van der Waals surface area (Å²) in [6, 6.07) is 11.7. The van der Waals surface area contributed by atoms with Gasteiger partial charge in [-0.1, -0.05) is 0 Å². The number of nitrogens with one attached hydrogen (secondary N) is 1. The van der Waals surface area contributed by atoms with E-state index < -0.39 is 5.97 Å². The van der Waals surface area contributed by atoms with Gasteiger partial charge in [0.15, 0.2) is 0 Å². The van der Waals surface area contributed by atoms with Gasteiger partial charge in [-0.3, -0.25) is 4.79 Å². The monoisotopic (exact) mass is 396 g/mol. The van der Waals surface area contributed by atoms with Crippen LogP contribution in [0.4, 0.5) is 11.5 Å². The molecule has 0 aliphatic rings. The molecule has 0 saturated carbocycles. The van der Waals surface area contributed by atoms with Crippen molar-refractivity contribution in [2.24, 2.45) is 0 Å². The van der Waals surface area contributed by atoms with E-state index in [9.17, 15) is 9.59 Å². The molecular formula is C20H20N4O5. The third kappa shape index (κ3) is 3.98. The number of hydrogen-bond donors (Lipinski definition) is 2. The van der Waals surface area contributed by atoms with Gasteiger partial charge in [-0.25, -0.2) is 9.48 Å². The van der Waals surface area contributed by atoms with Crippen LogP contribution in [0, 0.1) is 0 Å². The lowest BCUT2D eigenvalue weighted by molar-refractivity contribution is 0.0602. The molecule has 0 fully saturated rings. The Balaban J connectivity index is 1.81. The molecule has 1 heterocycles. The van der Waals surface area contributed by atoms with Gasteiger partial charge in [-0.05, 0) is 36.4 Å². The van der Waals surface area contributed by atoms with Crippen LogP contribution in [0.1, 0.15) is 20.7 Å². The van der Waals surface area contributed by atoms with Crippen LogP contribution in [0.3, 0.4) is 0 Å². The van der Waals surface area contributed by atoms with Crippen molar-refractivity contribution in [2.75, 3.05) is 32.4 Å². The maximum atomic E-state index is 12.6. The second-order valence-electron chi connectivity index (χ2n) is 5.91. The first-order valence-corrected chi connectivity index (χ1v) is 8.54. The smallest absolute Gasteiger partial charge is 0.343 e. The second-order valence-corrected chi connectivity index (χ2v) is 5.91. The molecule has 3 aromatic rings. The average Bonchev–Trinajstić information content (AvgIpc) is 3.14. The van der Waals surface area contributed by atoms with Crippen LogP contribution in [0.15, 0.2) is 48.7 Å². The molecule has 29 heavy (non-hydrogen) atoms.